The summed E-state index contributed by atoms with van der Waals surface area (Å²) in [5.41, 5.74) is -1.38. The molecule has 3 rings (SSSR count). The third-order valence-corrected chi connectivity index (χ3v) is 5.79. The van der Waals surface area contributed by atoms with Gasteiger partial charge in [0.25, 0.3) is 10.0 Å². The molecule has 0 amide bonds. The Morgan fingerprint density at radius 3 is 2.07 bits per heavy atom. The Hall–Kier alpha value is -2.58. The molecule has 1 N–H and O–H groups in total. The predicted octanol–water partition coefficient (Wildman–Crippen LogP) is 5.67. The Morgan fingerprint density at radius 1 is 0.857 bits per heavy atom. The molecule has 0 atom stereocenters. The van der Waals surface area contributed by atoms with Crippen molar-refractivity contribution in [1.82, 2.24) is 0 Å². The summed E-state index contributed by atoms with van der Waals surface area (Å²) in [6.45, 7) is 1.65. The lowest BCUT2D eigenvalue weighted by Crippen LogP contribution is -2.17. The van der Waals surface area contributed by atoms with Crippen LogP contribution in [0.2, 0.25) is 5.02 Å². The molecule has 0 spiro atoms. The van der Waals surface area contributed by atoms with Gasteiger partial charge in [-0.2, -0.15) is 0 Å². The van der Waals surface area contributed by atoms with Crippen LogP contribution in [0.15, 0.2) is 53.4 Å². The van der Waals surface area contributed by atoms with Crippen LogP contribution in [0, 0.1) is 30.2 Å². The number of aryl methyl sites for hydroxylation is 1. The van der Waals surface area contributed by atoms with E-state index in [9.17, 15) is 26.0 Å². The smallest absolute Gasteiger partial charge is 0.262 e. The Bertz CT molecular complexity index is 1170. The van der Waals surface area contributed by atoms with E-state index in [-0.39, 0.29) is 15.5 Å². The topological polar surface area (TPSA) is 46.2 Å². The van der Waals surface area contributed by atoms with E-state index in [1.54, 1.807) is 13.0 Å². The summed E-state index contributed by atoms with van der Waals surface area (Å²) in [7, 11) is -4.41. The number of hydrogen-bond donors (Lipinski definition) is 1. The van der Waals surface area contributed by atoms with E-state index in [1.165, 1.54) is 42.5 Å². The van der Waals surface area contributed by atoms with Gasteiger partial charge in [-0.15, -0.1) is 0 Å². The van der Waals surface area contributed by atoms with E-state index >= 15 is 0 Å². The third-order valence-electron chi connectivity index (χ3n) is 4.02. The van der Waals surface area contributed by atoms with Gasteiger partial charge in [-0.25, -0.2) is 26.0 Å². The minimum absolute atomic E-state index is 0.128. The average Bonchev–Trinajstić information content (AvgIpc) is 2.67. The molecule has 9 heteroatoms. The lowest BCUT2D eigenvalue weighted by atomic mass is 10.0. The van der Waals surface area contributed by atoms with Gasteiger partial charge in [0, 0.05) is 10.6 Å². The molecule has 0 aromatic heterocycles. The Balaban J connectivity index is 2.27. The van der Waals surface area contributed by atoms with E-state index in [1.807, 2.05) is 4.72 Å². The molecule has 3 nitrogen and oxygen atoms in total. The first-order chi connectivity index (χ1) is 13.1. The van der Waals surface area contributed by atoms with Crippen molar-refractivity contribution in [1.29, 1.82) is 0 Å². The minimum atomic E-state index is -4.41. The molecule has 0 aliphatic rings. The highest BCUT2D eigenvalue weighted by molar-refractivity contribution is 7.92. The molecule has 0 aliphatic heterocycles. The van der Waals surface area contributed by atoms with Gasteiger partial charge in [-0.05, 0) is 36.2 Å². The Kier molecular flexibility index (Phi) is 5.36. The Morgan fingerprint density at radius 2 is 1.46 bits per heavy atom. The van der Waals surface area contributed by atoms with Crippen molar-refractivity contribution in [3.05, 3.63) is 82.4 Å². The summed E-state index contributed by atoms with van der Waals surface area (Å²) in [6, 6.07) is 10.7. The largest absolute Gasteiger partial charge is 0.276 e. The number of benzene rings is 3. The van der Waals surface area contributed by atoms with Crippen molar-refractivity contribution in [2.45, 2.75) is 11.8 Å². The van der Waals surface area contributed by atoms with Gasteiger partial charge in [-0.3, -0.25) is 4.72 Å². The molecule has 0 bridgehead atoms. The first-order valence-electron chi connectivity index (χ1n) is 7.84. The van der Waals surface area contributed by atoms with Gasteiger partial charge < -0.3 is 0 Å². The molecule has 0 fully saturated rings. The van der Waals surface area contributed by atoms with Crippen LogP contribution in [0.4, 0.5) is 23.2 Å². The van der Waals surface area contributed by atoms with E-state index in [0.29, 0.717) is 5.56 Å². The standard InChI is InChI=1S/C19H12ClF4NO2S/c1-10-7-8-11(9-13(10)20)14-15(21)16(22)17(23)18(24)19(14)25-28(26,27)12-5-3-2-4-6-12/h2-9,25H,1H3. The van der Waals surface area contributed by atoms with Crippen LogP contribution in [0.3, 0.4) is 0 Å². The maximum absolute atomic E-state index is 14.5. The van der Waals surface area contributed by atoms with Crippen LogP contribution < -0.4 is 4.72 Å². The molecule has 146 valence electrons. The van der Waals surface area contributed by atoms with Gasteiger partial charge in [-0.1, -0.05) is 41.9 Å². The molecule has 0 unspecified atom stereocenters. The SMILES string of the molecule is Cc1ccc(-c2c(F)c(F)c(F)c(F)c2NS(=O)(=O)c2ccccc2)cc1Cl. The van der Waals surface area contributed by atoms with Crippen LogP contribution >= 0.6 is 11.6 Å². The van der Waals surface area contributed by atoms with E-state index in [4.69, 9.17) is 11.6 Å². The number of anilines is 1. The third kappa shape index (κ3) is 3.57. The fourth-order valence-corrected chi connectivity index (χ4v) is 3.81. The van der Waals surface area contributed by atoms with Crippen LogP contribution in [0.5, 0.6) is 0 Å². The van der Waals surface area contributed by atoms with E-state index < -0.39 is 44.5 Å². The van der Waals surface area contributed by atoms with Crippen molar-refractivity contribution >= 4 is 27.3 Å². The molecular formula is C19H12ClF4NO2S. The maximum Gasteiger partial charge on any atom is 0.262 e. The van der Waals surface area contributed by atoms with Crippen molar-refractivity contribution < 1.29 is 26.0 Å². The second kappa shape index (κ2) is 7.44. The van der Waals surface area contributed by atoms with Gasteiger partial charge in [0.15, 0.2) is 23.3 Å². The first-order valence-corrected chi connectivity index (χ1v) is 9.70. The summed E-state index contributed by atoms with van der Waals surface area (Å²) in [5.74, 6) is -7.81. The minimum Gasteiger partial charge on any atom is -0.276 e. The molecule has 0 saturated carbocycles. The molecular weight excluding hydrogens is 418 g/mol. The van der Waals surface area contributed by atoms with Crippen molar-refractivity contribution in [2.24, 2.45) is 0 Å². The second-order valence-corrected chi connectivity index (χ2v) is 7.98. The summed E-state index contributed by atoms with van der Waals surface area (Å²) >= 11 is 5.99. The fourth-order valence-electron chi connectivity index (χ4n) is 2.54. The first kappa shape index (κ1) is 20.2. The van der Waals surface area contributed by atoms with Crippen LogP contribution in [0.1, 0.15) is 5.56 Å². The van der Waals surface area contributed by atoms with Gasteiger partial charge in [0.05, 0.1) is 10.6 Å². The van der Waals surface area contributed by atoms with Crippen LogP contribution in [0.25, 0.3) is 11.1 Å². The molecule has 28 heavy (non-hydrogen) atoms. The number of hydrogen-bond acceptors (Lipinski definition) is 2. The molecule has 0 heterocycles. The highest BCUT2D eigenvalue weighted by Gasteiger charge is 2.29. The Labute approximate surface area is 163 Å². The number of sulfonamides is 1. The molecule has 0 aliphatic carbocycles. The van der Waals surface area contributed by atoms with E-state index in [2.05, 4.69) is 0 Å². The summed E-state index contributed by atoms with van der Waals surface area (Å²) < 4.78 is 83.6. The zero-order valence-electron chi connectivity index (χ0n) is 14.2. The van der Waals surface area contributed by atoms with E-state index in [0.717, 1.165) is 0 Å². The normalized spacial score (nSPS) is 11.5. The van der Waals surface area contributed by atoms with Crippen molar-refractivity contribution in [3.8, 4) is 11.1 Å². The number of rotatable bonds is 4. The second-order valence-electron chi connectivity index (χ2n) is 5.89. The van der Waals surface area contributed by atoms with Crippen LogP contribution in [-0.2, 0) is 10.0 Å². The lowest BCUT2D eigenvalue weighted by Gasteiger charge is -2.16. The summed E-state index contributed by atoms with van der Waals surface area (Å²) in [5, 5.41) is 0.152. The number of nitrogens with one attached hydrogen (secondary N) is 1. The lowest BCUT2D eigenvalue weighted by molar-refractivity contribution is 0.413. The highest BCUT2D eigenvalue weighted by atomic mass is 35.5. The fraction of sp³-hybridized carbons (Fsp3) is 0.0526. The van der Waals surface area contributed by atoms with Crippen LogP contribution in [-0.4, -0.2) is 8.42 Å². The maximum atomic E-state index is 14.5. The zero-order valence-corrected chi connectivity index (χ0v) is 15.8. The van der Waals surface area contributed by atoms with Gasteiger partial charge >= 0.3 is 0 Å². The highest BCUT2D eigenvalue weighted by Crippen LogP contribution is 2.38. The van der Waals surface area contributed by atoms with Gasteiger partial charge in [0.1, 0.15) is 0 Å². The molecule has 0 radical (unpaired) electrons. The molecule has 3 aromatic rings. The van der Waals surface area contributed by atoms with Crippen molar-refractivity contribution in [2.75, 3.05) is 4.72 Å². The number of halogens is 5. The summed E-state index contributed by atoms with van der Waals surface area (Å²) in [6.07, 6.45) is 0. The zero-order chi connectivity index (χ0) is 20.6. The summed E-state index contributed by atoms with van der Waals surface area (Å²) in [4.78, 5) is -0.271. The molecule has 0 saturated heterocycles. The van der Waals surface area contributed by atoms with Gasteiger partial charge in [0.2, 0.25) is 0 Å². The van der Waals surface area contributed by atoms with Crippen molar-refractivity contribution in [3.63, 3.8) is 0 Å². The molecule has 3 aromatic carbocycles. The monoisotopic (exact) mass is 429 g/mol. The predicted molar refractivity (Wildman–Crippen MR) is 98.7 cm³/mol. The quantitative estimate of drug-likeness (QED) is 0.330. The average molecular weight is 430 g/mol.